The number of nitrogens with zero attached hydrogens (tertiary/aromatic N) is 3. The van der Waals surface area contributed by atoms with Crippen LogP contribution in [0.5, 0.6) is 0 Å². The van der Waals surface area contributed by atoms with Crippen LogP contribution < -0.4 is 21.5 Å². The van der Waals surface area contributed by atoms with Gasteiger partial charge in [0, 0.05) is 19.2 Å². The van der Waals surface area contributed by atoms with Crippen molar-refractivity contribution in [1.82, 2.24) is 26.5 Å². The van der Waals surface area contributed by atoms with Crippen molar-refractivity contribution in [2.24, 2.45) is 16.1 Å². The molecule has 13 nitrogen and oxygen atoms in total. The molecule has 1 heterocycles. The Bertz CT molecular complexity index is 1230. The molecule has 39 heavy (non-hydrogen) atoms. The second-order valence-electron chi connectivity index (χ2n) is 9.08. The summed E-state index contributed by atoms with van der Waals surface area (Å²) in [6.45, 7) is 5.26. The Hall–Kier alpha value is -3.75. The number of azo groups is 1. The third-order valence-electron chi connectivity index (χ3n) is 5.22. The van der Waals surface area contributed by atoms with Crippen LogP contribution in [0.2, 0.25) is 0 Å². The van der Waals surface area contributed by atoms with E-state index in [1.165, 1.54) is 30.5 Å². The molecule has 0 spiro atoms. The summed E-state index contributed by atoms with van der Waals surface area (Å²) in [5.74, 6) is -0.226. The molecule has 0 aliphatic heterocycles. The van der Waals surface area contributed by atoms with Gasteiger partial charge in [-0.15, -0.1) is 5.11 Å². The number of carbonyl (C=O) groups is 3. The molecule has 2 rings (SSSR count). The Morgan fingerprint density at radius 2 is 1.74 bits per heavy atom. The monoisotopic (exact) mass is 561 g/mol. The Labute approximate surface area is 228 Å². The van der Waals surface area contributed by atoms with Gasteiger partial charge in [0.15, 0.2) is 5.82 Å². The van der Waals surface area contributed by atoms with E-state index in [9.17, 15) is 27.4 Å². The van der Waals surface area contributed by atoms with E-state index >= 15 is 0 Å². The maximum atomic E-state index is 12.3. The third-order valence-corrected chi connectivity index (χ3v) is 6.17. The molecular formula is C25H35N7O6S. The lowest BCUT2D eigenvalue weighted by Crippen LogP contribution is -2.45. The molecule has 14 heteroatoms. The number of carbonyl (C=O) groups excluding carboxylic acids is 3. The van der Waals surface area contributed by atoms with E-state index in [0.717, 1.165) is 6.42 Å². The van der Waals surface area contributed by atoms with Crippen LogP contribution in [0.15, 0.2) is 57.7 Å². The van der Waals surface area contributed by atoms with Crippen LogP contribution in [0.25, 0.3) is 0 Å². The highest BCUT2D eigenvalue weighted by Gasteiger charge is 2.14. The number of hydrogen-bond donors (Lipinski definition) is 5. The first-order valence-corrected chi connectivity index (χ1v) is 14.0. The first-order valence-electron chi connectivity index (χ1n) is 12.5. The van der Waals surface area contributed by atoms with Gasteiger partial charge in [0.05, 0.1) is 23.5 Å². The van der Waals surface area contributed by atoms with Gasteiger partial charge in [-0.2, -0.15) is 13.5 Å². The van der Waals surface area contributed by atoms with Crippen molar-refractivity contribution < 1.29 is 27.4 Å². The summed E-state index contributed by atoms with van der Waals surface area (Å²) in [5, 5.41) is 13.6. The number of aromatic nitrogens is 1. The number of unbranched alkanes of at least 4 members (excludes halogenated alkanes) is 2. The number of hydrogen-bond acceptors (Lipinski definition) is 9. The number of hydrazine groups is 1. The van der Waals surface area contributed by atoms with Gasteiger partial charge >= 0.3 is 0 Å². The summed E-state index contributed by atoms with van der Waals surface area (Å²) in [7, 11) is -4.37. The topological polar surface area (TPSA) is 191 Å². The zero-order valence-electron chi connectivity index (χ0n) is 22.0. The quantitative estimate of drug-likeness (QED) is 0.0946. The second kappa shape index (κ2) is 16.3. The maximum Gasteiger partial charge on any atom is 0.294 e. The Morgan fingerprint density at radius 1 is 1.00 bits per heavy atom. The minimum atomic E-state index is -4.37. The van der Waals surface area contributed by atoms with Crippen LogP contribution >= 0.6 is 0 Å². The molecule has 3 amide bonds. The second-order valence-corrected chi connectivity index (χ2v) is 10.5. The minimum absolute atomic E-state index is 0.0773. The Balaban J connectivity index is 1.63. The average molecular weight is 562 g/mol. The van der Waals surface area contributed by atoms with Gasteiger partial charge in [-0.1, -0.05) is 38.5 Å². The first-order chi connectivity index (χ1) is 18.6. The standard InChI is InChI=1S/C25H35N7O6S/c1-18(2)14-26-17-24(34)32-31-23(33)10-4-3-7-13-27-25(35)20-11-12-22(28-15-20)30-29-16-19-8-5-6-9-21(19)39(36,37)38/h5-6,8-9,11-12,15,18,26H,3-4,7,10,13-14,16-17H2,1-2H3,(H,27,35)(H,31,33)(H,32,34)(H,36,37,38). The summed E-state index contributed by atoms with van der Waals surface area (Å²) in [5.41, 5.74) is 5.37. The van der Waals surface area contributed by atoms with Crippen molar-refractivity contribution in [1.29, 1.82) is 0 Å². The molecule has 0 aliphatic carbocycles. The van der Waals surface area contributed by atoms with Gasteiger partial charge in [-0.3, -0.25) is 29.8 Å². The van der Waals surface area contributed by atoms with Crippen LogP contribution in [0.3, 0.4) is 0 Å². The van der Waals surface area contributed by atoms with Crippen LogP contribution in [0.1, 0.15) is 55.5 Å². The first kappa shape index (κ1) is 31.5. The molecule has 0 saturated heterocycles. The summed E-state index contributed by atoms with van der Waals surface area (Å²) in [4.78, 5) is 39.5. The number of benzene rings is 1. The lowest BCUT2D eigenvalue weighted by atomic mass is 10.2. The zero-order valence-corrected chi connectivity index (χ0v) is 22.8. The molecule has 2 aromatic rings. The fourth-order valence-corrected chi connectivity index (χ4v) is 3.98. The largest absolute Gasteiger partial charge is 0.352 e. The fraction of sp³-hybridized carbons (Fsp3) is 0.440. The lowest BCUT2D eigenvalue weighted by Gasteiger charge is -2.09. The number of nitrogens with one attached hydrogen (secondary N) is 4. The van der Waals surface area contributed by atoms with Crippen LogP contribution in [0, 0.1) is 5.92 Å². The van der Waals surface area contributed by atoms with E-state index in [2.05, 4.69) is 36.7 Å². The molecule has 0 radical (unpaired) electrons. The van der Waals surface area contributed by atoms with Gasteiger partial charge in [0.25, 0.3) is 21.9 Å². The average Bonchev–Trinajstić information content (AvgIpc) is 2.89. The van der Waals surface area contributed by atoms with Crippen molar-refractivity contribution in [3.8, 4) is 0 Å². The molecule has 0 saturated carbocycles. The summed E-state index contributed by atoms with van der Waals surface area (Å²) in [6, 6.07) is 8.96. The normalized spacial score (nSPS) is 11.5. The highest BCUT2D eigenvalue weighted by Crippen LogP contribution is 2.17. The predicted octanol–water partition coefficient (Wildman–Crippen LogP) is 2.30. The minimum Gasteiger partial charge on any atom is -0.352 e. The van der Waals surface area contributed by atoms with Gasteiger partial charge in [0.2, 0.25) is 5.91 Å². The van der Waals surface area contributed by atoms with Gasteiger partial charge in [0.1, 0.15) is 0 Å². The number of pyridine rings is 1. The van der Waals surface area contributed by atoms with E-state index in [4.69, 9.17) is 0 Å². The van der Waals surface area contributed by atoms with Crippen LogP contribution in [-0.2, 0) is 26.3 Å². The van der Waals surface area contributed by atoms with Gasteiger partial charge in [-0.25, -0.2) is 4.98 Å². The number of rotatable bonds is 15. The van der Waals surface area contributed by atoms with Crippen molar-refractivity contribution in [3.63, 3.8) is 0 Å². The smallest absolute Gasteiger partial charge is 0.294 e. The van der Waals surface area contributed by atoms with Crippen molar-refractivity contribution in [2.45, 2.75) is 51.0 Å². The molecule has 0 atom stereocenters. The van der Waals surface area contributed by atoms with E-state index in [-0.39, 0.29) is 53.5 Å². The lowest BCUT2D eigenvalue weighted by molar-refractivity contribution is -0.128. The Morgan fingerprint density at radius 3 is 2.44 bits per heavy atom. The maximum absolute atomic E-state index is 12.3. The molecule has 0 fully saturated rings. The fourth-order valence-electron chi connectivity index (χ4n) is 3.26. The van der Waals surface area contributed by atoms with Crippen LogP contribution in [-0.4, -0.2) is 55.3 Å². The molecule has 5 N–H and O–H groups in total. The highest BCUT2D eigenvalue weighted by molar-refractivity contribution is 7.85. The summed E-state index contributed by atoms with van der Waals surface area (Å²) >= 11 is 0. The van der Waals surface area contributed by atoms with Gasteiger partial charge < -0.3 is 10.6 Å². The van der Waals surface area contributed by atoms with Crippen molar-refractivity contribution in [3.05, 3.63) is 53.7 Å². The Kier molecular flexibility index (Phi) is 13.1. The third kappa shape index (κ3) is 12.6. The van der Waals surface area contributed by atoms with Crippen LogP contribution in [0.4, 0.5) is 5.82 Å². The predicted molar refractivity (Wildman–Crippen MR) is 144 cm³/mol. The van der Waals surface area contributed by atoms with E-state index in [1.54, 1.807) is 12.1 Å². The molecule has 0 unspecified atom stereocenters. The van der Waals surface area contributed by atoms with E-state index in [1.807, 2.05) is 13.8 Å². The number of amides is 3. The van der Waals surface area contributed by atoms with Crippen molar-refractivity contribution >= 4 is 33.7 Å². The van der Waals surface area contributed by atoms with Gasteiger partial charge in [-0.05, 0) is 49.1 Å². The highest BCUT2D eigenvalue weighted by atomic mass is 32.2. The van der Waals surface area contributed by atoms with E-state index < -0.39 is 10.1 Å². The summed E-state index contributed by atoms with van der Waals surface area (Å²) in [6.07, 6.45) is 3.62. The molecular weight excluding hydrogens is 526 g/mol. The summed E-state index contributed by atoms with van der Waals surface area (Å²) < 4.78 is 32.1. The van der Waals surface area contributed by atoms with E-state index in [0.29, 0.717) is 37.4 Å². The molecule has 0 aliphatic rings. The van der Waals surface area contributed by atoms with Crippen molar-refractivity contribution in [2.75, 3.05) is 19.6 Å². The molecule has 0 bridgehead atoms. The molecule has 212 valence electrons. The zero-order chi connectivity index (χ0) is 28.7. The SMILES string of the molecule is CC(C)CNCC(=O)NNC(=O)CCCCCNC(=O)c1ccc(N=NCc2ccccc2S(=O)(=O)O)nc1. The molecule has 1 aromatic heterocycles. The molecule has 1 aromatic carbocycles.